The quantitative estimate of drug-likeness (QED) is 0.870. The van der Waals surface area contributed by atoms with Crippen molar-refractivity contribution in [1.82, 2.24) is 15.1 Å². The zero-order chi connectivity index (χ0) is 14.5. The first-order valence-corrected chi connectivity index (χ1v) is 7.84. The van der Waals surface area contributed by atoms with Crippen molar-refractivity contribution in [3.63, 3.8) is 0 Å². The highest BCUT2D eigenvalue weighted by Gasteiger charge is 2.18. The van der Waals surface area contributed by atoms with E-state index >= 15 is 0 Å². The lowest BCUT2D eigenvalue weighted by molar-refractivity contribution is 0.491. The second-order valence-electron chi connectivity index (χ2n) is 5.35. The predicted octanol–water partition coefficient (Wildman–Crippen LogP) is 3.77. The number of rotatable bonds is 6. The molecule has 0 saturated carbocycles. The summed E-state index contributed by atoms with van der Waals surface area (Å²) in [6.45, 7) is 5.29. The fraction of sp³-hybridized carbons (Fsp3) is 0.438. The molecule has 1 aromatic heterocycles. The predicted molar refractivity (Wildman–Crippen MR) is 87.1 cm³/mol. The molecule has 20 heavy (non-hydrogen) atoms. The third-order valence-electron chi connectivity index (χ3n) is 3.50. The van der Waals surface area contributed by atoms with Crippen LogP contribution in [0.1, 0.15) is 37.1 Å². The Kier molecular flexibility index (Phi) is 5.38. The van der Waals surface area contributed by atoms with Gasteiger partial charge in [0.05, 0.1) is 16.4 Å². The van der Waals surface area contributed by atoms with Gasteiger partial charge in [-0.1, -0.05) is 30.3 Å². The first-order valence-electron chi connectivity index (χ1n) is 7.05. The molecule has 0 spiro atoms. The zero-order valence-electron chi connectivity index (χ0n) is 12.3. The molecule has 0 saturated heterocycles. The van der Waals surface area contributed by atoms with Crippen LogP contribution >= 0.6 is 15.9 Å². The Morgan fingerprint density at radius 1 is 1.25 bits per heavy atom. The number of aromatic nitrogens is 2. The molecule has 1 heterocycles. The number of hydrogen-bond donors (Lipinski definition) is 1. The van der Waals surface area contributed by atoms with E-state index in [2.05, 4.69) is 75.2 Å². The molecule has 1 N–H and O–H groups in total. The summed E-state index contributed by atoms with van der Waals surface area (Å²) in [6.07, 6.45) is 2.88. The molecule has 108 valence electrons. The zero-order valence-corrected chi connectivity index (χ0v) is 13.9. The molecule has 1 unspecified atom stereocenters. The van der Waals surface area contributed by atoms with Crippen LogP contribution in [0.3, 0.4) is 0 Å². The monoisotopic (exact) mass is 335 g/mol. The van der Waals surface area contributed by atoms with Gasteiger partial charge in [-0.25, -0.2) is 0 Å². The summed E-state index contributed by atoms with van der Waals surface area (Å²) in [5, 5.41) is 7.77. The van der Waals surface area contributed by atoms with Crippen molar-refractivity contribution in [2.24, 2.45) is 0 Å². The number of benzene rings is 1. The second-order valence-corrected chi connectivity index (χ2v) is 6.20. The molecule has 2 aromatic rings. The van der Waals surface area contributed by atoms with Gasteiger partial charge < -0.3 is 5.32 Å². The number of likely N-dealkylation sites (N-methyl/N-ethyl adjacent to an activating group) is 1. The average Bonchev–Trinajstić information content (AvgIpc) is 2.81. The second kappa shape index (κ2) is 7.04. The summed E-state index contributed by atoms with van der Waals surface area (Å²) in [6, 6.07) is 11.0. The lowest BCUT2D eigenvalue weighted by Crippen LogP contribution is -2.21. The highest BCUT2D eigenvalue weighted by molar-refractivity contribution is 9.10. The van der Waals surface area contributed by atoms with Crippen molar-refractivity contribution in [3.8, 4) is 0 Å². The molecule has 0 aliphatic rings. The molecule has 4 heteroatoms. The largest absolute Gasteiger partial charge is 0.319 e. The summed E-state index contributed by atoms with van der Waals surface area (Å²) < 4.78 is 3.21. The van der Waals surface area contributed by atoms with E-state index in [1.54, 1.807) is 0 Å². The van der Waals surface area contributed by atoms with Crippen molar-refractivity contribution in [2.75, 3.05) is 13.6 Å². The van der Waals surface area contributed by atoms with E-state index in [-0.39, 0.29) is 0 Å². The molecule has 1 atom stereocenters. The number of halogens is 1. The molecule has 0 aliphatic heterocycles. The lowest BCUT2D eigenvalue weighted by Gasteiger charge is -2.19. The van der Waals surface area contributed by atoms with Gasteiger partial charge in [0.25, 0.3) is 0 Å². The maximum atomic E-state index is 4.47. The van der Waals surface area contributed by atoms with Gasteiger partial charge in [0.1, 0.15) is 0 Å². The third-order valence-corrected chi connectivity index (χ3v) is 4.16. The minimum atomic E-state index is 0.377. The molecule has 2 rings (SSSR count). The Hall–Kier alpha value is -1.13. The summed E-state index contributed by atoms with van der Waals surface area (Å²) in [5.74, 6) is 0.451. The van der Waals surface area contributed by atoms with Gasteiger partial charge in [0, 0.05) is 18.5 Å². The van der Waals surface area contributed by atoms with E-state index in [4.69, 9.17) is 0 Å². The van der Waals surface area contributed by atoms with E-state index in [0.717, 1.165) is 17.4 Å². The van der Waals surface area contributed by atoms with Gasteiger partial charge in [-0.2, -0.15) is 5.10 Å². The summed E-state index contributed by atoms with van der Waals surface area (Å²) in [5.41, 5.74) is 2.63. The Labute approximate surface area is 129 Å². The minimum absolute atomic E-state index is 0.377. The van der Waals surface area contributed by atoms with Crippen LogP contribution in [0, 0.1) is 0 Å². The Bertz CT molecular complexity index is 534. The number of nitrogens with one attached hydrogen (secondary N) is 1. The topological polar surface area (TPSA) is 29.9 Å². The molecule has 0 amide bonds. The van der Waals surface area contributed by atoms with Gasteiger partial charge in [0.2, 0.25) is 0 Å². The van der Waals surface area contributed by atoms with Crippen LogP contribution in [0.4, 0.5) is 0 Å². The SMILES string of the molecule is CNCC(Cc1c(Br)cnn1C(C)C)c1ccccc1. The standard InChI is InChI=1S/C16H22BrN3/c1-12(2)20-16(15(17)11-19-20)9-14(10-18-3)13-7-5-4-6-8-13/h4-8,11-12,14,18H,9-10H2,1-3H3. The van der Waals surface area contributed by atoms with Crippen LogP contribution in [0.15, 0.2) is 41.0 Å². The van der Waals surface area contributed by atoms with Crippen molar-refractivity contribution < 1.29 is 0 Å². The summed E-state index contributed by atoms with van der Waals surface area (Å²) in [4.78, 5) is 0. The maximum absolute atomic E-state index is 4.47. The van der Waals surface area contributed by atoms with E-state index in [1.807, 2.05) is 13.2 Å². The average molecular weight is 336 g/mol. The molecule has 0 bridgehead atoms. The van der Waals surface area contributed by atoms with Gasteiger partial charge in [-0.3, -0.25) is 4.68 Å². The van der Waals surface area contributed by atoms with Crippen molar-refractivity contribution in [2.45, 2.75) is 32.2 Å². The van der Waals surface area contributed by atoms with E-state index < -0.39 is 0 Å². The molecule has 0 fully saturated rings. The number of nitrogens with zero attached hydrogens (tertiary/aromatic N) is 2. The lowest BCUT2D eigenvalue weighted by atomic mass is 9.94. The van der Waals surface area contributed by atoms with Crippen LogP contribution in [0.5, 0.6) is 0 Å². The fourth-order valence-corrected chi connectivity index (χ4v) is 2.95. The summed E-state index contributed by atoms with van der Waals surface area (Å²) >= 11 is 3.63. The van der Waals surface area contributed by atoms with Crippen molar-refractivity contribution in [3.05, 3.63) is 52.3 Å². The van der Waals surface area contributed by atoms with Gasteiger partial charge in [0.15, 0.2) is 0 Å². The Morgan fingerprint density at radius 2 is 1.95 bits per heavy atom. The highest BCUT2D eigenvalue weighted by Crippen LogP contribution is 2.26. The van der Waals surface area contributed by atoms with Crippen molar-refractivity contribution in [1.29, 1.82) is 0 Å². The first-order chi connectivity index (χ1) is 9.63. The molecular weight excluding hydrogens is 314 g/mol. The third kappa shape index (κ3) is 3.49. The van der Waals surface area contributed by atoms with Crippen LogP contribution in [-0.2, 0) is 6.42 Å². The Balaban J connectivity index is 2.27. The van der Waals surface area contributed by atoms with Crippen LogP contribution < -0.4 is 5.32 Å². The number of hydrogen-bond acceptors (Lipinski definition) is 2. The molecule has 0 radical (unpaired) electrons. The molecule has 3 nitrogen and oxygen atoms in total. The van der Waals surface area contributed by atoms with Gasteiger partial charge in [-0.15, -0.1) is 0 Å². The van der Waals surface area contributed by atoms with Crippen LogP contribution in [-0.4, -0.2) is 23.4 Å². The maximum Gasteiger partial charge on any atom is 0.0635 e. The van der Waals surface area contributed by atoms with E-state index in [9.17, 15) is 0 Å². The highest BCUT2D eigenvalue weighted by atomic mass is 79.9. The van der Waals surface area contributed by atoms with Gasteiger partial charge >= 0.3 is 0 Å². The van der Waals surface area contributed by atoms with Gasteiger partial charge in [-0.05, 0) is 48.8 Å². The minimum Gasteiger partial charge on any atom is -0.319 e. The summed E-state index contributed by atoms with van der Waals surface area (Å²) in [7, 11) is 2.00. The Morgan fingerprint density at radius 3 is 2.55 bits per heavy atom. The van der Waals surface area contributed by atoms with Crippen LogP contribution in [0.25, 0.3) is 0 Å². The smallest absolute Gasteiger partial charge is 0.0635 e. The van der Waals surface area contributed by atoms with E-state index in [1.165, 1.54) is 11.3 Å². The first kappa shape index (κ1) is 15.3. The fourth-order valence-electron chi connectivity index (χ4n) is 2.52. The normalized spacial score (nSPS) is 12.8. The molecule has 1 aromatic carbocycles. The molecular formula is C16H22BrN3. The van der Waals surface area contributed by atoms with Crippen molar-refractivity contribution >= 4 is 15.9 Å². The van der Waals surface area contributed by atoms with E-state index in [0.29, 0.717) is 12.0 Å². The van der Waals surface area contributed by atoms with Crippen LogP contribution in [0.2, 0.25) is 0 Å². The molecule has 0 aliphatic carbocycles.